The minimum atomic E-state index is 0. The van der Waals surface area contributed by atoms with E-state index < -0.39 is 0 Å². The molecule has 24 heavy (non-hydrogen) atoms. The van der Waals surface area contributed by atoms with Crippen LogP contribution >= 0.6 is 35.3 Å². The van der Waals surface area contributed by atoms with Crippen molar-refractivity contribution in [2.45, 2.75) is 25.8 Å². The Labute approximate surface area is 166 Å². The van der Waals surface area contributed by atoms with Crippen LogP contribution in [0.4, 0.5) is 5.69 Å². The van der Waals surface area contributed by atoms with Gasteiger partial charge in [-0.15, -0.1) is 35.3 Å². The summed E-state index contributed by atoms with van der Waals surface area (Å²) in [5, 5.41) is 5.28. The first-order chi connectivity index (χ1) is 11.0. The lowest BCUT2D eigenvalue weighted by atomic mass is 10.0. The van der Waals surface area contributed by atoms with Gasteiger partial charge in [0, 0.05) is 10.6 Å². The van der Waals surface area contributed by atoms with Crippen molar-refractivity contribution in [1.29, 1.82) is 0 Å². The van der Waals surface area contributed by atoms with Crippen LogP contribution in [0.3, 0.4) is 0 Å². The largest absolute Gasteiger partial charge is 0.370 e. The summed E-state index contributed by atoms with van der Waals surface area (Å²) in [5.74, 6) is 0.946. The lowest BCUT2D eigenvalue weighted by Gasteiger charge is -2.21. The first-order valence-electron chi connectivity index (χ1n) is 7.84. The molecule has 3 N–H and O–H groups in total. The molecule has 0 aliphatic rings. The summed E-state index contributed by atoms with van der Waals surface area (Å²) in [5.41, 5.74) is 8.32. The lowest BCUT2D eigenvalue weighted by Crippen LogP contribution is -2.27. The third-order valence-electron chi connectivity index (χ3n) is 3.76. The molecular formula is C18H27IN4S. The predicted molar refractivity (Wildman–Crippen MR) is 117 cm³/mol. The van der Waals surface area contributed by atoms with E-state index in [1.54, 1.807) is 11.3 Å². The highest BCUT2D eigenvalue weighted by Gasteiger charge is 2.14. The van der Waals surface area contributed by atoms with Crippen molar-refractivity contribution in [3.63, 3.8) is 0 Å². The SMILES string of the molecule is CC(C)c1cccc(NC(N)=NCC(c2cccs2)N(C)C)c1.I. The van der Waals surface area contributed by atoms with Crippen LogP contribution in [0.25, 0.3) is 0 Å². The Bertz CT molecular complexity index is 638. The van der Waals surface area contributed by atoms with Gasteiger partial charge in [0.05, 0.1) is 12.6 Å². The van der Waals surface area contributed by atoms with Crippen molar-refractivity contribution in [2.75, 3.05) is 26.0 Å². The van der Waals surface area contributed by atoms with Gasteiger partial charge in [-0.3, -0.25) is 4.99 Å². The fourth-order valence-electron chi connectivity index (χ4n) is 2.34. The Morgan fingerprint density at radius 1 is 1.25 bits per heavy atom. The van der Waals surface area contributed by atoms with E-state index in [0.29, 0.717) is 18.4 Å². The summed E-state index contributed by atoms with van der Waals surface area (Å²) >= 11 is 1.75. The van der Waals surface area contributed by atoms with E-state index in [1.807, 2.05) is 12.1 Å². The molecule has 0 saturated heterocycles. The van der Waals surface area contributed by atoms with E-state index in [4.69, 9.17) is 5.73 Å². The van der Waals surface area contributed by atoms with Gasteiger partial charge in [0.15, 0.2) is 5.96 Å². The average molecular weight is 458 g/mol. The van der Waals surface area contributed by atoms with Crippen LogP contribution in [0, 0.1) is 0 Å². The van der Waals surface area contributed by atoms with Crippen molar-refractivity contribution in [2.24, 2.45) is 10.7 Å². The molecule has 1 unspecified atom stereocenters. The molecule has 0 aliphatic heterocycles. The molecule has 0 aliphatic carbocycles. The summed E-state index contributed by atoms with van der Waals surface area (Å²) in [6.45, 7) is 4.99. The van der Waals surface area contributed by atoms with Gasteiger partial charge in [-0.25, -0.2) is 0 Å². The van der Waals surface area contributed by atoms with Crippen molar-refractivity contribution < 1.29 is 0 Å². The van der Waals surface area contributed by atoms with Crippen LogP contribution in [0.5, 0.6) is 0 Å². The van der Waals surface area contributed by atoms with Gasteiger partial charge in [0.25, 0.3) is 0 Å². The third-order valence-corrected chi connectivity index (χ3v) is 4.73. The molecule has 6 heteroatoms. The highest BCUT2D eigenvalue weighted by Crippen LogP contribution is 2.23. The number of anilines is 1. The van der Waals surface area contributed by atoms with Gasteiger partial charge < -0.3 is 16.0 Å². The normalized spacial score (nSPS) is 13.0. The van der Waals surface area contributed by atoms with Crippen LogP contribution in [0.1, 0.15) is 36.2 Å². The first-order valence-corrected chi connectivity index (χ1v) is 8.72. The molecule has 1 heterocycles. The minimum Gasteiger partial charge on any atom is -0.370 e. The number of rotatable bonds is 6. The topological polar surface area (TPSA) is 53.6 Å². The fraction of sp³-hybridized carbons (Fsp3) is 0.389. The number of hydrogen-bond acceptors (Lipinski definition) is 3. The molecule has 1 aromatic carbocycles. The Morgan fingerprint density at radius 3 is 2.58 bits per heavy atom. The van der Waals surface area contributed by atoms with Crippen LogP contribution in [0.15, 0.2) is 46.8 Å². The van der Waals surface area contributed by atoms with Crippen molar-refractivity contribution in [1.82, 2.24) is 4.90 Å². The number of nitrogens with zero attached hydrogens (tertiary/aromatic N) is 2. The summed E-state index contributed by atoms with van der Waals surface area (Å²) in [6, 6.07) is 12.8. The van der Waals surface area contributed by atoms with Crippen LogP contribution in [-0.2, 0) is 0 Å². The monoisotopic (exact) mass is 458 g/mol. The zero-order chi connectivity index (χ0) is 16.8. The zero-order valence-electron chi connectivity index (χ0n) is 14.7. The summed E-state index contributed by atoms with van der Waals surface area (Å²) in [6.07, 6.45) is 0. The number of aliphatic imine (C=N–C) groups is 1. The van der Waals surface area contributed by atoms with E-state index in [9.17, 15) is 0 Å². The number of nitrogens with one attached hydrogen (secondary N) is 1. The van der Waals surface area contributed by atoms with E-state index in [2.05, 4.69) is 72.8 Å². The summed E-state index contributed by atoms with van der Waals surface area (Å²) in [4.78, 5) is 7.99. The number of benzene rings is 1. The van der Waals surface area contributed by atoms with E-state index in [1.165, 1.54) is 10.4 Å². The Morgan fingerprint density at radius 2 is 2.00 bits per heavy atom. The Hall–Kier alpha value is -1.12. The summed E-state index contributed by atoms with van der Waals surface area (Å²) < 4.78 is 0. The Kier molecular flexibility index (Phi) is 8.72. The number of guanidine groups is 1. The minimum absolute atomic E-state index is 0. The molecule has 1 aromatic heterocycles. The van der Waals surface area contributed by atoms with E-state index in [-0.39, 0.29) is 30.0 Å². The van der Waals surface area contributed by atoms with Gasteiger partial charge in [0.1, 0.15) is 0 Å². The van der Waals surface area contributed by atoms with Gasteiger partial charge >= 0.3 is 0 Å². The second-order valence-electron chi connectivity index (χ2n) is 6.13. The third kappa shape index (κ3) is 6.07. The smallest absolute Gasteiger partial charge is 0.193 e. The quantitative estimate of drug-likeness (QED) is 0.380. The number of likely N-dealkylation sites (N-methyl/N-ethyl adjacent to an activating group) is 1. The Balaban J connectivity index is 0.00000288. The number of nitrogens with two attached hydrogens (primary N) is 1. The van der Waals surface area contributed by atoms with Gasteiger partial charge in [-0.1, -0.05) is 32.0 Å². The van der Waals surface area contributed by atoms with Crippen molar-refractivity contribution in [3.8, 4) is 0 Å². The second kappa shape index (κ2) is 10.0. The highest BCUT2D eigenvalue weighted by molar-refractivity contribution is 14.0. The molecule has 2 aromatic rings. The maximum Gasteiger partial charge on any atom is 0.193 e. The molecule has 1 atom stereocenters. The van der Waals surface area contributed by atoms with Crippen molar-refractivity contribution in [3.05, 3.63) is 52.2 Å². The average Bonchev–Trinajstić information content (AvgIpc) is 3.01. The number of hydrogen-bond donors (Lipinski definition) is 2. The van der Waals surface area contributed by atoms with Gasteiger partial charge in [-0.2, -0.15) is 0 Å². The zero-order valence-corrected chi connectivity index (χ0v) is 17.8. The molecule has 4 nitrogen and oxygen atoms in total. The van der Waals surface area contributed by atoms with Crippen LogP contribution < -0.4 is 11.1 Å². The molecule has 0 saturated carbocycles. The molecular weight excluding hydrogens is 431 g/mol. The maximum atomic E-state index is 6.06. The van der Waals surface area contributed by atoms with Gasteiger partial charge in [-0.05, 0) is 49.2 Å². The van der Waals surface area contributed by atoms with Crippen molar-refractivity contribution >= 4 is 47.0 Å². The molecule has 0 bridgehead atoms. The van der Waals surface area contributed by atoms with Crippen LogP contribution in [-0.4, -0.2) is 31.5 Å². The summed E-state index contributed by atoms with van der Waals surface area (Å²) in [7, 11) is 4.13. The number of thiophene rings is 1. The predicted octanol–water partition coefficient (Wildman–Crippen LogP) is 4.52. The van der Waals surface area contributed by atoms with Gasteiger partial charge in [0.2, 0.25) is 0 Å². The molecule has 0 fully saturated rings. The lowest BCUT2D eigenvalue weighted by molar-refractivity contribution is 0.311. The molecule has 132 valence electrons. The standard InChI is InChI=1S/C18H26N4S.HI/c1-13(2)14-7-5-8-15(11-14)21-18(19)20-12-16(22(3)4)17-9-6-10-23-17;/h5-11,13,16H,12H2,1-4H3,(H3,19,20,21);1H. The fourth-order valence-corrected chi connectivity index (χ4v) is 3.25. The molecule has 0 spiro atoms. The maximum absolute atomic E-state index is 6.06. The number of halogens is 1. The highest BCUT2D eigenvalue weighted by atomic mass is 127. The first kappa shape index (κ1) is 20.9. The van der Waals surface area contributed by atoms with E-state index in [0.717, 1.165) is 5.69 Å². The van der Waals surface area contributed by atoms with Crippen LogP contribution in [0.2, 0.25) is 0 Å². The molecule has 0 amide bonds. The second-order valence-corrected chi connectivity index (χ2v) is 7.11. The molecule has 0 radical (unpaired) electrons. The van der Waals surface area contributed by atoms with E-state index >= 15 is 0 Å². The molecule has 2 rings (SSSR count).